The fourth-order valence-corrected chi connectivity index (χ4v) is 2.79. The molecule has 0 saturated heterocycles. The van der Waals surface area contributed by atoms with Crippen LogP contribution in [-0.4, -0.2) is 43.9 Å². The van der Waals surface area contributed by atoms with Gasteiger partial charge in [-0.3, -0.25) is 4.99 Å². The standard InChI is InChI=1S/C19H26N8.HI/c1-3-18-25-24-15-27(18)11-9-22-19(20-2)23-12-16-4-6-17(7-5-16)13-26-10-8-21-14-26;/h4-8,10,14-15H,3,9,11-13H2,1-2H3,(H2,20,22,23);1H. The zero-order valence-corrected chi connectivity index (χ0v) is 18.6. The van der Waals surface area contributed by atoms with Crippen LogP contribution in [0.4, 0.5) is 0 Å². The van der Waals surface area contributed by atoms with Gasteiger partial charge in [0.25, 0.3) is 0 Å². The molecule has 0 aliphatic heterocycles. The molecule has 0 unspecified atom stereocenters. The number of imidazole rings is 1. The van der Waals surface area contributed by atoms with E-state index in [1.54, 1.807) is 19.6 Å². The maximum absolute atomic E-state index is 4.28. The summed E-state index contributed by atoms with van der Waals surface area (Å²) in [6.45, 7) is 5.20. The van der Waals surface area contributed by atoms with Gasteiger partial charge in [0.2, 0.25) is 0 Å². The number of benzene rings is 1. The highest BCUT2D eigenvalue weighted by molar-refractivity contribution is 14.0. The average Bonchev–Trinajstić information content (AvgIpc) is 3.37. The molecule has 9 heteroatoms. The first-order valence-corrected chi connectivity index (χ1v) is 9.13. The van der Waals surface area contributed by atoms with E-state index < -0.39 is 0 Å². The van der Waals surface area contributed by atoms with Gasteiger partial charge in [0, 0.05) is 52.0 Å². The molecule has 28 heavy (non-hydrogen) atoms. The minimum Gasteiger partial charge on any atom is -0.355 e. The third-order valence-electron chi connectivity index (χ3n) is 4.29. The Hall–Kier alpha value is -2.43. The molecule has 0 aliphatic rings. The van der Waals surface area contributed by atoms with E-state index in [4.69, 9.17) is 0 Å². The van der Waals surface area contributed by atoms with Crippen molar-refractivity contribution in [1.82, 2.24) is 34.9 Å². The second kappa shape index (κ2) is 11.4. The minimum atomic E-state index is 0. The van der Waals surface area contributed by atoms with Gasteiger partial charge in [0.1, 0.15) is 12.2 Å². The molecule has 3 aromatic rings. The molecule has 2 aromatic heterocycles. The van der Waals surface area contributed by atoms with E-state index in [9.17, 15) is 0 Å². The van der Waals surface area contributed by atoms with Gasteiger partial charge in [0.15, 0.2) is 5.96 Å². The van der Waals surface area contributed by atoms with E-state index in [-0.39, 0.29) is 24.0 Å². The highest BCUT2D eigenvalue weighted by atomic mass is 127. The molecule has 0 spiro atoms. The van der Waals surface area contributed by atoms with Crippen LogP contribution in [0.3, 0.4) is 0 Å². The van der Waals surface area contributed by atoms with Crippen LogP contribution >= 0.6 is 24.0 Å². The Morgan fingerprint density at radius 3 is 2.57 bits per heavy atom. The molecule has 2 N–H and O–H groups in total. The number of nitrogens with zero attached hydrogens (tertiary/aromatic N) is 6. The third kappa shape index (κ3) is 6.32. The smallest absolute Gasteiger partial charge is 0.191 e. The molecule has 2 heterocycles. The number of aromatic nitrogens is 5. The largest absolute Gasteiger partial charge is 0.355 e. The lowest BCUT2D eigenvalue weighted by atomic mass is 10.1. The number of aryl methyl sites for hydroxylation is 1. The summed E-state index contributed by atoms with van der Waals surface area (Å²) in [5.74, 6) is 1.78. The van der Waals surface area contributed by atoms with Gasteiger partial charge in [-0.25, -0.2) is 4.98 Å². The van der Waals surface area contributed by atoms with Crippen molar-refractivity contribution in [3.8, 4) is 0 Å². The van der Waals surface area contributed by atoms with Crippen molar-refractivity contribution in [2.24, 2.45) is 4.99 Å². The maximum Gasteiger partial charge on any atom is 0.191 e. The Balaban J connectivity index is 0.00000280. The maximum atomic E-state index is 4.28. The predicted molar refractivity (Wildman–Crippen MR) is 121 cm³/mol. The molecule has 0 saturated carbocycles. The first kappa shape index (κ1) is 21.9. The molecule has 0 atom stereocenters. The van der Waals surface area contributed by atoms with Crippen molar-refractivity contribution in [2.75, 3.05) is 13.6 Å². The van der Waals surface area contributed by atoms with E-state index in [0.29, 0.717) is 0 Å². The predicted octanol–water partition coefficient (Wildman–Crippen LogP) is 2.07. The summed E-state index contributed by atoms with van der Waals surface area (Å²) in [4.78, 5) is 8.34. The van der Waals surface area contributed by atoms with Crippen LogP contribution in [0.15, 0.2) is 54.3 Å². The molecular formula is C19H27IN8. The average molecular weight is 494 g/mol. The second-order valence-corrected chi connectivity index (χ2v) is 6.20. The van der Waals surface area contributed by atoms with Crippen LogP contribution in [0.5, 0.6) is 0 Å². The van der Waals surface area contributed by atoms with Gasteiger partial charge < -0.3 is 19.8 Å². The monoisotopic (exact) mass is 494 g/mol. The van der Waals surface area contributed by atoms with E-state index >= 15 is 0 Å². The molecule has 8 nitrogen and oxygen atoms in total. The Kier molecular flexibility index (Phi) is 8.92. The topological polar surface area (TPSA) is 85.0 Å². The fraction of sp³-hybridized carbons (Fsp3) is 0.368. The number of halogens is 1. The van der Waals surface area contributed by atoms with Gasteiger partial charge in [-0.2, -0.15) is 0 Å². The van der Waals surface area contributed by atoms with Crippen molar-refractivity contribution >= 4 is 29.9 Å². The Labute approximate surface area is 182 Å². The van der Waals surface area contributed by atoms with Gasteiger partial charge in [-0.05, 0) is 11.1 Å². The second-order valence-electron chi connectivity index (χ2n) is 6.20. The molecule has 3 rings (SSSR count). The molecule has 0 amide bonds. The van der Waals surface area contributed by atoms with E-state index in [1.807, 2.05) is 12.5 Å². The van der Waals surface area contributed by atoms with E-state index in [2.05, 4.69) is 71.1 Å². The van der Waals surface area contributed by atoms with Gasteiger partial charge >= 0.3 is 0 Å². The zero-order valence-electron chi connectivity index (χ0n) is 16.2. The van der Waals surface area contributed by atoms with Crippen molar-refractivity contribution in [1.29, 1.82) is 0 Å². The van der Waals surface area contributed by atoms with E-state index in [0.717, 1.165) is 44.4 Å². The molecule has 1 aromatic carbocycles. The molecule has 150 valence electrons. The van der Waals surface area contributed by atoms with Crippen LogP contribution in [0.1, 0.15) is 23.9 Å². The summed E-state index contributed by atoms with van der Waals surface area (Å²) in [5.41, 5.74) is 2.46. The van der Waals surface area contributed by atoms with Gasteiger partial charge in [-0.1, -0.05) is 31.2 Å². The zero-order chi connectivity index (χ0) is 18.9. The highest BCUT2D eigenvalue weighted by Crippen LogP contribution is 2.06. The number of guanidine groups is 1. The first-order valence-electron chi connectivity index (χ1n) is 9.13. The number of rotatable bonds is 8. The van der Waals surface area contributed by atoms with Crippen LogP contribution < -0.4 is 10.6 Å². The normalized spacial score (nSPS) is 11.1. The summed E-state index contributed by atoms with van der Waals surface area (Å²) in [6, 6.07) is 8.56. The summed E-state index contributed by atoms with van der Waals surface area (Å²) in [7, 11) is 1.78. The van der Waals surface area contributed by atoms with Crippen molar-refractivity contribution in [3.05, 3.63) is 66.3 Å². The van der Waals surface area contributed by atoms with Crippen LogP contribution in [0, 0.1) is 0 Å². The van der Waals surface area contributed by atoms with Crippen molar-refractivity contribution in [3.63, 3.8) is 0 Å². The summed E-state index contributed by atoms with van der Waals surface area (Å²) < 4.78 is 4.11. The SMILES string of the molecule is CCc1nncn1CCNC(=NC)NCc1ccc(Cn2ccnc2)cc1.I. The highest BCUT2D eigenvalue weighted by Gasteiger charge is 2.03. The summed E-state index contributed by atoms with van der Waals surface area (Å²) in [5, 5.41) is 14.7. The molecule has 0 bridgehead atoms. The lowest BCUT2D eigenvalue weighted by molar-refractivity contribution is 0.632. The van der Waals surface area contributed by atoms with E-state index in [1.165, 1.54) is 11.1 Å². The molecule has 0 radical (unpaired) electrons. The fourth-order valence-electron chi connectivity index (χ4n) is 2.79. The Bertz CT molecular complexity index is 839. The summed E-state index contributed by atoms with van der Waals surface area (Å²) in [6.07, 6.45) is 8.23. The summed E-state index contributed by atoms with van der Waals surface area (Å²) >= 11 is 0. The Morgan fingerprint density at radius 2 is 1.89 bits per heavy atom. The van der Waals surface area contributed by atoms with Crippen LogP contribution in [0.25, 0.3) is 0 Å². The lowest BCUT2D eigenvalue weighted by Gasteiger charge is -2.13. The van der Waals surface area contributed by atoms with Crippen LogP contribution in [0.2, 0.25) is 0 Å². The number of aliphatic imine (C=N–C) groups is 1. The first-order chi connectivity index (χ1) is 13.3. The third-order valence-corrected chi connectivity index (χ3v) is 4.29. The Morgan fingerprint density at radius 1 is 1.11 bits per heavy atom. The number of hydrogen-bond acceptors (Lipinski definition) is 4. The van der Waals surface area contributed by atoms with Gasteiger partial charge in [-0.15, -0.1) is 34.2 Å². The van der Waals surface area contributed by atoms with Crippen molar-refractivity contribution < 1.29 is 0 Å². The van der Waals surface area contributed by atoms with Gasteiger partial charge in [0.05, 0.1) is 6.33 Å². The molecular weight excluding hydrogens is 467 g/mol. The molecule has 0 aliphatic carbocycles. The quantitative estimate of drug-likeness (QED) is 0.285. The number of nitrogens with one attached hydrogen (secondary N) is 2. The van der Waals surface area contributed by atoms with Crippen LogP contribution in [-0.2, 0) is 26.1 Å². The minimum absolute atomic E-state index is 0. The molecule has 0 fully saturated rings. The number of hydrogen-bond donors (Lipinski definition) is 2. The van der Waals surface area contributed by atoms with Crippen molar-refractivity contribution in [2.45, 2.75) is 33.0 Å². The lowest BCUT2D eigenvalue weighted by Crippen LogP contribution is -2.38.